The quantitative estimate of drug-likeness (QED) is 0.0261. The van der Waals surface area contributed by atoms with Gasteiger partial charge in [-0.3, -0.25) is 14.4 Å². The van der Waals surface area contributed by atoms with Crippen LogP contribution >= 0.6 is 0 Å². The molecule has 0 spiro atoms. The molecule has 0 aromatic heterocycles. The van der Waals surface area contributed by atoms with Gasteiger partial charge in [-0.05, 0) is 44.9 Å². The molecule has 1 unspecified atom stereocenters. The van der Waals surface area contributed by atoms with Crippen LogP contribution in [0.5, 0.6) is 0 Å². The Bertz CT molecular complexity index is 1130. The van der Waals surface area contributed by atoms with Crippen LogP contribution in [0.2, 0.25) is 0 Å². The van der Waals surface area contributed by atoms with E-state index in [9.17, 15) is 14.4 Å². The molecule has 6 heteroatoms. The summed E-state index contributed by atoms with van der Waals surface area (Å²) in [5, 5.41) is 0. The third-order valence-corrected chi connectivity index (χ3v) is 15.3. The Kier molecular flexibility index (Phi) is 61.1. The van der Waals surface area contributed by atoms with Gasteiger partial charge in [-0.15, -0.1) is 0 Å². The zero-order valence-corrected chi connectivity index (χ0v) is 49.7. The number of hydrogen-bond acceptors (Lipinski definition) is 6. The maximum Gasteiger partial charge on any atom is 0.306 e. The maximum absolute atomic E-state index is 12.9. The van der Waals surface area contributed by atoms with Gasteiger partial charge in [-0.2, -0.15) is 0 Å². The lowest BCUT2D eigenvalue weighted by atomic mass is 10.0. The number of esters is 3. The average molecular weight is 1030 g/mol. The van der Waals surface area contributed by atoms with E-state index in [1.807, 2.05) is 0 Å². The SMILES string of the molecule is CCCCCCCCCC/C=C\CCCCCCCCCCCCCCCC(=O)OCC(COC(=O)CCCCCCCCCCCCC)OC(=O)CCCCCCCCCCCCCCCCCCCCC. The standard InChI is InChI=1S/C67H128O6/c1-4-7-10-13-16-19-22-24-26-28-30-31-32-33-34-35-37-38-40-42-45-48-51-54-57-60-66(69)72-63-64(62-71-65(68)59-56-53-50-47-44-21-18-15-12-9-6-3)73-67(70)61-58-55-52-49-46-43-41-39-36-29-27-25-23-20-17-14-11-8-5-2/h28,30,64H,4-27,29,31-63H2,1-3H3/b30-28-. The number of hydrogen-bond donors (Lipinski definition) is 0. The zero-order valence-electron chi connectivity index (χ0n) is 49.7. The van der Waals surface area contributed by atoms with Crippen LogP contribution < -0.4 is 0 Å². The Labute approximate surface area is 456 Å². The molecular formula is C67H128O6. The molecule has 0 aliphatic carbocycles. The summed E-state index contributed by atoms with van der Waals surface area (Å²) < 4.78 is 16.9. The lowest BCUT2D eigenvalue weighted by molar-refractivity contribution is -0.167. The van der Waals surface area contributed by atoms with Crippen molar-refractivity contribution < 1.29 is 28.6 Å². The van der Waals surface area contributed by atoms with Crippen molar-refractivity contribution in [3.8, 4) is 0 Å². The van der Waals surface area contributed by atoms with Crippen LogP contribution in [-0.4, -0.2) is 37.2 Å². The van der Waals surface area contributed by atoms with Crippen molar-refractivity contribution >= 4 is 17.9 Å². The first-order valence-corrected chi connectivity index (χ1v) is 33.2. The summed E-state index contributed by atoms with van der Waals surface area (Å²) in [6.07, 6.45) is 73.7. The van der Waals surface area contributed by atoms with Gasteiger partial charge in [-0.25, -0.2) is 0 Å². The maximum atomic E-state index is 12.9. The van der Waals surface area contributed by atoms with Crippen molar-refractivity contribution in [3.63, 3.8) is 0 Å². The Morgan fingerprint density at radius 3 is 0.685 bits per heavy atom. The molecule has 0 amide bonds. The van der Waals surface area contributed by atoms with Crippen LogP contribution in [0.4, 0.5) is 0 Å². The second-order valence-electron chi connectivity index (χ2n) is 22.7. The van der Waals surface area contributed by atoms with Crippen LogP contribution in [0.3, 0.4) is 0 Å². The van der Waals surface area contributed by atoms with Crippen molar-refractivity contribution in [3.05, 3.63) is 12.2 Å². The molecule has 0 radical (unpaired) electrons. The molecule has 0 saturated carbocycles. The fourth-order valence-electron chi connectivity index (χ4n) is 10.3. The number of ether oxygens (including phenoxy) is 3. The molecule has 1 atom stereocenters. The van der Waals surface area contributed by atoms with E-state index in [0.29, 0.717) is 19.3 Å². The van der Waals surface area contributed by atoms with E-state index < -0.39 is 6.10 Å². The molecule has 0 bridgehead atoms. The van der Waals surface area contributed by atoms with E-state index in [-0.39, 0.29) is 31.1 Å². The van der Waals surface area contributed by atoms with Gasteiger partial charge in [0.05, 0.1) is 0 Å². The van der Waals surface area contributed by atoms with Crippen molar-refractivity contribution in [2.75, 3.05) is 13.2 Å². The Morgan fingerprint density at radius 2 is 0.452 bits per heavy atom. The van der Waals surface area contributed by atoms with Crippen LogP contribution in [0.25, 0.3) is 0 Å². The largest absolute Gasteiger partial charge is 0.462 e. The second-order valence-corrected chi connectivity index (χ2v) is 22.7. The first-order valence-electron chi connectivity index (χ1n) is 33.2. The van der Waals surface area contributed by atoms with Crippen LogP contribution in [0.15, 0.2) is 12.2 Å². The average Bonchev–Trinajstić information content (AvgIpc) is 3.39. The molecule has 0 aromatic carbocycles. The summed E-state index contributed by atoms with van der Waals surface area (Å²) in [4.78, 5) is 38.3. The summed E-state index contributed by atoms with van der Waals surface area (Å²) in [5.41, 5.74) is 0. The molecule has 0 aliphatic heterocycles. The molecule has 0 N–H and O–H groups in total. The van der Waals surface area contributed by atoms with Crippen LogP contribution in [-0.2, 0) is 28.6 Å². The van der Waals surface area contributed by atoms with Crippen molar-refractivity contribution in [1.29, 1.82) is 0 Å². The normalized spacial score (nSPS) is 12.0. The van der Waals surface area contributed by atoms with E-state index in [0.717, 1.165) is 57.8 Å². The van der Waals surface area contributed by atoms with Gasteiger partial charge in [-0.1, -0.05) is 328 Å². The highest BCUT2D eigenvalue weighted by atomic mass is 16.6. The van der Waals surface area contributed by atoms with Crippen LogP contribution in [0, 0.1) is 0 Å². The van der Waals surface area contributed by atoms with E-state index in [2.05, 4.69) is 32.9 Å². The minimum absolute atomic E-state index is 0.0631. The predicted molar refractivity (Wildman–Crippen MR) is 317 cm³/mol. The molecule has 0 heterocycles. The zero-order chi connectivity index (χ0) is 52.9. The fraction of sp³-hybridized carbons (Fsp3) is 0.925. The first kappa shape index (κ1) is 71.2. The van der Waals surface area contributed by atoms with Crippen molar-refractivity contribution in [2.24, 2.45) is 0 Å². The number of allylic oxidation sites excluding steroid dienone is 2. The third kappa shape index (κ3) is 60.9. The number of carbonyl (C=O) groups excluding carboxylic acids is 3. The van der Waals surface area contributed by atoms with Gasteiger partial charge in [0.25, 0.3) is 0 Å². The summed E-state index contributed by atoms with van der Waals surface area (Å²) >= 11 is 0. The van der Waals surface area contributed by atoms with Gasteiger partial charge < -0.3 is 14.2 Å². The third-order valence-electron chi connectivity index (χ3n) is 15.3. The molecule has 0 rings (SSSR count). The van der Waals surface area contributed by atoms with E-state index in [4.69, 9.17) is 14.2 Å². The minimum Gasteiger partial charge on any atom is -0.462 e. The Balaban J connectivity index is 4.18. The lowest BCUT2D eigenvalue weighted by Gasteiger charge is -2.18. The first-order chi connectivity index (χ1) is 36.0. The smallest absolute Gasteiger partial charge is 0.306 e. The topological polar surface area (TPSA) is 78.9 Å². The Hall–Kier alpha value is -1.85. The highest BCUT2D eigenvalue weighted by Crippen LogP contribution is 2.18. The van der Waals surface area contributed by atoms with Gasteiger partial charge in [0, 0.05) is 19.3 Å². The van der Waals surface area contributed by atoms with Gasteiger partial charge in [0.2, 0.25) is 0 Å². The van der Waals surface area contributed by atoms with Crippen molar-refractivity contribution in [1.82, 2.24) is 0 Å². The van der Waals surface area contributed by atoms with Gasteiger partial charge in [0.1, 0.15) is 13.2 Å². The molecule has 0 aliphatic rings. The van der Waals surface area contributed by atoms with Crippen LogP contribution in [0.1, 0.15) is 380 Å². The summed E-state index contributed by atoms with van der Waals surface area (Å²) in [6, 6.07) is 0. The lowest BCUT2D eigenvalue weighted by Crippen LogP contribution is -2.30. The molecule has 6 nitrogen and oxygen atoms in total. The molecule has 0 aromatic rings. The number of unbranched alkanes of at least 4 members (excludes halogenated alkanes) is 49. The summed E-state index contributed by atoms with van der Waals surface area (Å²) in [5.74, 6) is -0.833. The Morgan fingerprint density at radius 1 is 0.260 bits per heavy atom. The van der Waals surface area contributed by atoms with Gasteiger partial charge in [0.15, 0.2) is 6.10 Å². The minimum atomic E-state index is -0.764. The molecule has 432 valence electrons. The van der Waals surface area contributed by atoms with Crippen molar-refractivity contribution in [2.45, 2.75) is 386 Å². The fourth-order valence-corrected chi connectivity index (χ4v) is 10.3. The van der Waals surface area contributed by atoms with E-state index in [1.165, 1.54) is 283 Å². The highest BCUT2D eigenvalue weighted by Gasteiger charge is 2.19. The molecular weight excluding hydrogens is 901 g/mol. The monoisotopic (exact) mass is 1030 g/mol. The number of rotatable bonds is 62. The van der Waals surface area contributed by atoms with E-state index >= 15 is 0 Å². The van der Waals surface area contributed by atoms with E-state index in [1.54, 1.807) is 0 Å². The summed E-state index contributed by atoms with van der Waals surface area (Å²) in [7, 11) is 0. The second kappa shape index (κ2) is 62.7. The predicted octanol–water partition coefficient (Wildman–Crippen LogP) is 22.4. The molecule has 0 fully saturated rings. The summed E-state index contributed by atoms with van der Waals surface area (Å²) in [6.45, 7) is 6.71. The highest BCUT2D eigenvalue weighted by molar-refractivity contribution is 5.71. The number of carbonyl (C=O) groups is 3. The molecule has 0 saturated heterocycles. The van der Waals surface area contributed by atoms with Gasteiger partial charge >= 0.3 is 17.9 Å². The molecule has 73 heavy (non-hydrogen) atoms.